The summed E-state index contributed by atoms with van der Waals surface area (Å²) in [7, 11) is 0. The maximum absolute atomic E-state index is 8.41. The lowest BCUT2D eigenvalue weighted by molar-refractivity contribution is 0.00371. The van der Waals surface area contributed by atoms with Crippen LogP contribution in [0.5, 0.6) is 0 Å². The molecule has 86 valence electrons. The van der Waals surface area contributed by atoms with E-state index in [9.17, 15) is 0 Å². The van der Waals surface area contributed by atoms with Gasteiger partial charge in [-0.25, -0.2) is 0 Å². The van der Waals surface area contributed by atoms with Crippen molar-refractivity contribution in [2.75, 3.05) is 46.2 Å². The molecule has 0 aliphatic heterocycles. The quantitative estimate of drug-likeness (QED) is 0.534. The Morgan fingerprint density at radius 3 is 1.86 bits per heavy atom. The third-order valence-electron chi connectivity index (χ3n) is 1.43. The third kappa shape index (κ3) is 11.8. The van der Waals surface area contributed by atoms with Crippen molar-refractivity contribution in [2.45, 2.75) is 13.8 Å². The molecule has 0 spiro atoms. The van der Waals surface area contributed by atoms with E-state index in [2.05, 4.69) is 13.8 Å². The van der Waals surface area contributed by atoms with Gasteiger partial charge >= 0.3 is 0 Å². The summed E-state index contributed by atoms with van der Waals surface area (Å²) in [6.45, 7) is 7.80. The number of hydrogen-bond donors (Lipinski definition) is 1. The van der Waals surface area contributed by atoms with E-state index in [1.165, 1.54) is 0 Å². The van der Waals surface area contributed by atoms with Crippen molar-refractivity contribution in [2.24, 2.45) is 5.92 Å². The fourth-order valence-electron chi connectivity index (χ4n) is 0.823. The zero-order valence-corrected chi connectivity index (χ0v) is 9.20. The Balaban J connectivity index is 2.85. The van der Waals surface area contributed by atoms with Crippen LogP contribution in [0.2, 0.25) is 0 Å². The Morgan fingerprint density at radius 2 is 1.36 bits per heavy atom. The summed E-state index contributed by atoms with van der Waals surface area (Å²) in [5, 5.41) is 8.41. The van der Waals surface area contributed by atoms with Gasteiger partial charge in [0.05, 0.1) is 39.6 Å². The molecule has 14 heavy (non-hydrogen) atoms. The fourth-order valence-corrected chi connectivity index (χ4v) is 0.823. The maximum atomic E-state index is 8.41. The summed E-state index contributed by atoms with van der Waals surface area (Å²) in [5.74, 6) is 0.572. The second-order valence-electron chi connectivity index (χ2n) is 3.42. The van der Waals surface area contributed by atoms with Gasteiger partial charge in [-0.3, -0.25) is 0 Å². The van der Waals surface area contributed by atoms with Gasteiger partial charge in [-0.15, -0.1) is 0 Å². The molecule has 0 fully saturated rings. The average Bonchev–Trinajstić information content (AvgIpc) is 2.15. The van der Waals surface area contributed by atoms with Gasteiger partial charge < -0.3 is 19.3 Å². The minimum Gasteiger partial charge on any atom is -0.394 e. The lowest BCUT2D eigenvalue weighted by Gasteiger charge is -2.07. The van der Waals surface area contributed by atoms with Crippen molar-refractivity contribution in [3.05, 3.63) is 0 Å². The molecule has 1 N–H and O–H groups in total. The van der Waals surface area contributed by atoms with Crippen LogP contribution in [0.4, 0.5) is 0 Å². The standard InChI is InChI=1S/C10H22O4/c1-10(2)9-14-8-7-13-6-5-12-4-3-11/h10-11H,3-9H2,1-2H3. The Labute approximate surface area is 86.2 Å². The molecule has 0 aromatic heterocycles. The zero-order chi connectivity index (χ0) is 10.6. The molecule has 0 aliphatic carbocycles. The number of hydrogen-bond acceptors (Lipinski definition) is 4. The Hall–Kier alpha value is -0.160. The highest BCUT2D eigenvalue weighted by atomic mass is 16.5. The van der Waals surface area contributed by atoms with Crippen molar-refractivity contribution >= 4 is 0 Å². The predicted octanol–water partition coefficient (Wildman–Crippen LogP) is 0.685. The average molecular weight is 206 g/mol. The summed E-state index contributed by atoms with van der Waals surface area (Å²) in [4.78, 5) is 0. The zero-order valence-electron chi connectivity index (χ0n) is 9.20. The molecule has 0 bridgehead atoms. The summed E-state index contributed by atoms with van der Waals surface area (Å²) in [5.41, 5.74) is 0. The summed E-state index contributed by atoms with van der Waals surface area (Å²) < 4.78 is 15.6. The van der Waals surface area contributed by atoms with Gasteiger partial charge in [0, 0.05) is 6.61 Å². The van der Waals surface area contributed by atoms with Crippen LogP contribution in [0.3, 0.4) is 0 Å². The van der Waals surface area contributed by atoms with Crippen LogP contribution in [-0.4, -0.2) is 51.4 Å². The van der Waals surface area contributed by atoms with Gasteiger partial charge in [0.1, 0.15) is 0 Å². The molecule has 0 atom stereocenters. The minimum absolute atomic E-state index is 0.0670. The highest BCUT2D eigenvalue weighted by Crippen LogP contribution is 1.91. The molecule has 4 heteroatoms. The molecule has 0 aromatic rings. The van der Waals surface area contributed by atoms with E-state index in [-0.39, 0.29) is 6.61 Å². The van der Waals surface area contributed by atoms with Crippen molar-refractivity contribution in [3.8, 4) is 0 Å². The SMILES string of the molecule is CC(C)COCCOCCOCCO. The Kier molecular flexibility index (Phi) is 10.8. The van der Waals surface area contributed by atoms with Gasteiger partial charge in [-0.05, 0) is 5.92 Å². The fraction of sp³-hybridized carbons (Fsp3) is 1.00. The van der Waals surface area contributed by atoms with Crippen LogP contribution < -0.4 is 0 Å². The maximum Gasteiger partial charge on any atom is 0.0701 e. The van der Waals surface area contributed by atoms with E-state index in [0.717, 1.165) is 6.61 Å². The van der Waals surface area contributed by atoms with E-state index in [1.54, 1.807) is 0 Å². The van der Waals surface area contributed by atoms with Crippen LogP contribution in [0.15, 0.2) is 0 Å². The monoisotopic (exact) mass is 206 g/mol. The molecular formula is C10H22O4. The Morgan fingerprint density at radius 1 is 0.857 bits per heavy atom. The van der Waals surface area contributed by atoms with Gasteiger partial charge in [-0.1, -0.05) is 13.8 Å². The number of rotatable bonds is 10. The number of aliphatic hydroxyl groups is 1. The van der Waals surface area contributed by atoms with E-state index >= 15 is 0 Å². The third-order valence-corrected chi connectivity index (χ3v) is 1.43. The molecule has 0 amide bonds. The number of aliphatic hydroxyl groups excluding tert-OH is 1. The normalized spacial score (nSPS) is 11.1. The van der Waals surface area contributed by atoms with Gasteiger partial charge in [0.15, 0.2) is 0 Å². The second kappa shape index (κ2) is 10.9. The van der Waals surface area contributed by atoms with Gasteiger partial charge in [-0.2, -0.15) is 0 Å². The molecule has 0 rings (SSSR count). The smallest absolute Gasteiger partial charge is 0.0701 e. The molecule has 4 nitrogen and oxygen atoms in total. The van der Waals surface area contributed by atoms with E-state index in [4.69, 9.17) is 19.3 Å². The van der Waals surface area contributed by atoms with Crippen LogP contribution in [0, 0.1) is 5.92 Å². The molecule has 0 saturated carbocycles. The van der Waals surface area contributed by atoms with Crippen molar-refractivity contribution in [1.29, 1.82) is 0 Å². The van der Waals surface area contributed by atoms with Gasteiger partial charge in [0.25, 0.3) is 0 Å². The highest BCUT2D eigenvalue weighted by Gasteiger charge is 1.93. The lowest BCUT2D eigenvalue weighted by Crippen LogP contribution is -2.12. The molecule has 0 unspecified atom stereocenters. The van der Waals surface area contributed by atoms with Crippen LogP contribution >= 0.6 is 0 Å². The molecule has 0 aromatic carbocycles. The summed E-state index contributed by atoms with van der Waals surface area (Å²) >= 11 is 0. The van der Waals surface area contributed by atoms with Crippen molar-refractivity contribution < 1.29 is 19.3 Å². The predicted molar refractivity (Wildman–Crippen MR) is 54.4 cm³/mol. The molecule has 0 aliphatic rings. The first-order valence-electron chi connectivity index (χ1n) is 5.11. The lowest BCUT2D eigenvalue weighted by atomic mass is 10.2. The largest absolute Gasteiger partial charge is 0.394 e. The van der Waals surface area contributed by atoms with E-state index in [0.29, 0.717) is 39.0 Å². The molecule has 0 saturated heterocycles. The molecule has 0 radical (unpaired) electrons. The molecular weight excluding hydrogens is 184 g/mol. The second-order valence-corrected chi connectivity index (χ2v) is 3.42. The van der Waals surface area contributed by atoms with Crippen molar-refractivity contribution in [1.82, 2.24) is 0 Å². The first kappa shape index (κ1) is 13.8. The highest BCUT2D eigenvalue weighted by molar-refractivity contribution is 4.39. The minimum atomic E-state index is 0.0670. The van der Waals surface area contributed by atoms with Crippen LogP contribution in [-0.2, 0) is 14.2 Å². The van der Waals surface area contributed by atoms with Crippen LogP contribution in [0.25, 0.3) is 0 Å². The first-order valence-corrected chi connectivity index (χ1v) is 5.11. The van der Waals surface area contributed by atoms with E-state index < -0.39 is 0 Å². The Bertz CT molecular complexity index is 106. The van der Waals surface area contributed by atoms with Crippen molar-refractivity contribution in [3.63, 3.8) is 0 Å². The van der Waals surface area contributed by atoms with Crippen LogP contribution in [0.1, 0.15) is 13.8 Å². The summed E-state index contributed by atoms with van der Waals surface area (Å²) in [6.07, 6.45) is 0. The molecule has 0 heterocycles. The topological polar surface area (TPSA) is 47.9 Å². The first-order chi connectivity index (χ1) is 6.77. The van der Waals surface area contributed by atoms with E-state index in [1.807, 2.05) is 0 Å². The summed E-state index contributed by atoms with van der Waals surface area (Å²) in [6, 6.07) is 0. The number of ether oxygens (including phenoxy) is 3. The van der Waals surface area contributed by atoms with Gasteiger partial charge in [0.2, 0.25) is 0 Å².